The summed E-state index contributed by atoms with van der Waals surface area (Å²) >= 11 is 1.46. The van der Waals surface area contributed by atoms with E-state index >= 15 is 0 Å². The second kappa shape index (κ2) is 4.53. The first-order valence-electron chi connectivity index (χ1n) is 4.94. The maximum absolute atomic E-state index is 10.8. The van der Waals surface area contributed by atoms with Gasteiger partial charge in [-0.15, -0.1) is 11.8 Å². The molecule has 0 aromatic carbocycles. The van der Waals surface area contributed by atoms with Crippen LogP contribution in [0.25, 0.3) is 0 Å². The summed E-state index contributed by atoms with van der Waals surface area (Å²) in [6.45, 7) is 5.53. The van der Waals surface area contributed by atoms with Crippen LogP contribution in [0.15, 0.2) is 0 Å². The van der Waals surface area contributed by atoms with E-state index in [0.29, 0.717) is 6.10 Å². The highest BCUT2D eigenvalue weighted by Crippen LogP contribution is 2.29. The minimum atomic E-state index is -0.756. The molecule has 1 aliphatic heterocycles. The average molecular weight is 218 g/mol. The summed E-state index contributed by atoms with van der Waals surface area (Å²) in [4.78, 5) is 10.8. The van der Waals surface area contributed by atoms with Gasteiger partial charge in [-0.25, -0.2) is 0 Å². The second-order valence-electron chi connectivity index (χ2n) is 4.27. The van der Waals surface area contributed by atoms with Gasteiger partial charge in [-0.05, 0) is 33.6 Å². The molecule has 0 radical (unpaired) electrons. The first-order valence-corrected chi connectivity index (χ1v) is 5.93. The predicted octanol–water partition coefficient (Wildman–Crippen LogP) is 2.15. The van der Waals surface area contributed by atoms with Crippen molar-refractivity contribution >= 4 is 17.7 Å². The first kappa shape index (κ1) is 11.9. The maximum atomic E-state index is 10.8. The van der Waals surface area contributed by atoms with Crippen molar-refractivity contribution in [3.05, 3.63) is 0 Å². The zero-order valence-electron chi connectivity index (χ0n) is 8.95. The fourth-order valence-electron chi connectivity index (χ4n) is 1.37. The molecule has 0 spiro atoms. The maximum Gasteiger partial charge on any atom is 0.319 e. The molecule has 1 heterocycles. The van der Waals surface area contributed by atoms with E-state index < -0.39 is 10.7 Å². The minimum absolute atomic E-state index is 0.244. The summed E-state index contributed by atoms with van der Waals surface area (Å²) in [5.41, 5.74) is 0. The fraction of sp³-hybridized carbons (Fsp3) is 0.900. The van der Waals surface area contributed by atoms with Crippen LogP contribution in [-0.2, 0) is 9.53 Å². The molecule has 3 nitrogen and oxygen atoms in total. The van der Waals surface area contributed by atoms with E-state index in [4.69, 9.17) is 9.84 Å². The summed E-state index contributed by atoms with van der Waals surface area (Å²) in [5.74, 6) is 0.0254. The Kier molecular flexibility index (Phi) is 3.84. The van der Waals surface area contributed by atoms with Crippen LogP contribution in [0.1, 0.15) is 33.6 Å². The highest BCUT2D eigenvalue weighted by atomic mass is 32.2. The number of hydrogen-bond acceptors (Lipinski definition) is 3. The highest BCUT2D eigenvalue weighted by Gasteiger charge is 2.30. The number of carboxylic acids is 1. The summed E-state index contributed by atoms with van der Waals surface area (Å²) in [5, 5.41) is 8.91. The van der Waals surface area contributed by atoms with Crippen molar-refractivity contribution in [1.82, 2.24) is 0 Å². The molecule has 14 heavy (non-hydrogen) atoms. The van der Waals surface area contributed by atoms with E-state index in [1.165, 1.54) is 11.8 Å². The Morgan fingerprint density at radius 3 is 2.64 bits per heavy atom. The van der Waals surface area contributed by atoms with Crippen molar-refractivity contribution < 1.29 is 14.6 Å². The molecule has 0 aliphatic carbocycles. The van der Waals surface area contributed by atoms with Gasteiger partial charge in [0.1, 0.15) is 4.75 Å². The molecule has 82 valence electrons. The van der Waals surface area contributed by atoms with Crippen molar-refractivity contribution in [2.24, 2.45) is 0 Å². The Morgan fingerprint density at radius 2 is 2.21 bits per heavy atom. The van der Waals surface area contributed by atoms with Gasteiger partial charge < -0.3 is 9.84 Å². The fourth-order valence-corrected chi connectivity index (χ4v) is 2.34. The Bertz CT molecular complexity index is 215. The zero-order valence-corrected chi connectivity index (χ0v) is 9.76. The molecule has 2 atom stereocenters. The van der Waals surface area contributed by atoms with Gasteiger partial charge in [0.15, 0.2) is 0 Å². The SMILES string of the molecule is CC1CCC(CSC(C)(C)C(=O)O)O1. The van der Waals surface area contributed by atoms with E-state index in [-0.39, 0.29) is 6.10 Å². The molecule has 1 fully saturated rings. The lowest BCUT2D eigenvalue weighted by molar-refractivity contribution is -0.138. The summed E-state index contributed by atoms with van der Waals surface area (Å²) in [7, 11) is 0. The molecule has 1 rings (SSSR count). The molecular formula is C10H18O3S. The van der Waals surface area contributed by atoms with Crippen LogP contribution in [0, 0.1) is 0 Å². The third kappa shape index (κ3) is 3.17. The van der Waals surface area contributed by atoms with Crippen LogP contribution < -0.4 is 0 Å². The lowest BCUT2D eigenvalue weighted by atomic mass is 10.2. The van der Waals surface area contributed by atoms with Gasteiger partial charge >= 0.3 is 5.97 Å². The predicted molar refractivity (Wildman–Crippen MR) is 57.7 cm³/mol. The number of hydrogen-bond donors (Lipinski definition) is 1. The Hall–Kier alpha value is -0.220. The smallest absolute Gasteiger partial charge is 0.319 e. The Morgan fingerprint density at radius 1 is 1.57 bits per heavy atom. The molecule has 2 unspecified atom stereocenters. The van der Waals surface area contributed by atoms with E-state index in [9.17, 15) is 4.79 Å². The average Bonchev–Trinajstić information content (AvgIpc) is 2.48. The van der Waals surface area contributed by atoms with Crippen molar-refractivity contribution in [1.29, 1.82) is 0 Å². The Labute approximate surface area is 89.2 Å². The van der Waals surface area contributed by atoms with Crippen LogP contribution in [0.5, 0.6) is 0 Å². The number of carboxylic acid groups (broad SMARTS) is 1. The van der Waals surface area contributed by atoms with Gasteiger partial charge in [-0.1, -0.05) is 0 Å². The molecule has 0 aromatic heterocycles. The van der Waals surface area contributed by atoms with Crippen molar-refractivity contribution in [3.8, 4) is 0 Å². The lowest BCUT2D eigenvalue weighted by Gasteiger charge is -2.20. The summed E-state index contributed by atoms with van der Waals surface area (Å²) in [6, 6.07) is 0. The van der Waals surface area contributed by atoms with Gasteiger partial charge in [0.2, 0.25) is 0 Å². The number of thioether (sulfide) groups is 1. The molecule has 1 saturated heterocycles. The van der Waals surface area contributed by atoms with E-state index in [1.807, 2.05) is 0 Å². The van der Waals surface area contributed by atoms with Crippen molar-refractivity contribution in [2.75, 3.05) is 5.75 Å². The van der Waals surface area contributed by atoms with E-state index in [0.717, 1.165) is 18.6 Å². The molecule has 1 N–H and O–H groups in total. The minimum Gasteiger partial charge on any atom is -0.480 e. The molecule has 0 aromatic rings. The number of rotatable bonds is 4. The monoisotopic (exact) mass is 218 g/mol. The standard InChI is InChI=1S/C10H18O3S/c1-7-4-5-8(13-7)6-14-10(2,3)9(11)12/h7-8H,4-6H2,1-3H3,(H,11,12). The molecule has 1 aliphatic rings. The van der Waals surface area contributed by atoms with Gasteiger partial charge in [0.05, 0.1) is 12.2 Å². The topological polar surface area (TPSA) is 46.5 Å². The van der Waals surface area contributed by atoms with Crippen molar-refractivity contribution in [3.63, 3.8) is 0 Å². The quantitative estimate of drug-likeness (QED) is 0.785. The van der Waals surface area contributed by atoms with E-state index in [2.05, 4.69) is 6.92 Å². The number of ether oxygens (including phenoxy) is 1. The van der Waals surface area contributed by atoms with Crippen LogP contribution in [-0.4, -0.2) is 33.8 Å². The normalized spacial score (nSPS) is 27.9. The first-order chi connectivity index (χ1) is 6.42. The highest BCUT2D eigenvalue weighted by molar-refractivity contribution is 8.01. The van der Waals surface area contributed by atoms with Crippen LogP contribution in [0.3, 0.4) is 0 Å². The molecular weight excluding hydrogens is 200 g/mol. The van der Waals surface area contributed by atoms with E-state index in [1.54, 1.807) is 13.8 Å². The van der Waals surface area contributed by atoms with Gasteiger partial charge in [-0.2, -0.15) is 0 Å². The van der Waals surface area contributed by atoms with Crippen LogP contribution >= 0.6 is 11.8 Å². The largest absolute Gasteiger partial charge is 0.480 e. The number of carbonyl (C=O) groups is 1. The Balaban J connectivity index is 2.30. The summed E-state index contributed by atoms with van der Waals surface area (Å²) in [6.07, 6.45) is 2.74. The third-order valence-corrected chi connectivity index (χ3v) is 3.90. The van der Waals surface area contributed by atoms with Crippen LogP contribution in [0.4, 0.5) is 0 Å². The molecule has 4 heteroatoms. The zero-order chi connectivity index (χ0) is 10.8. The van der Waals surface area contributed by atoms with Gasteiger partial charge in [0.25, 0.3) is 0 Å². The lowest BCUT2D eigenvalue weighted by Crippen LogP contribution is -2.29. The molecule has 0 amide bonds. The number of aliphatic carboxylic acids is 1. The van der Waals surface area contributed by atoms with Gasteiger partial charge in [-0.3, -0.25) is 4.79 Å². The summed E-state index contributed by atoms with van der Waals surface area (Å²) < 4.78 is 4.92. The second-order valence-corrected chi connectivity index (χ2v) is 5.92. The van der Waals surface area contributed by atoms with Gasteiger partial charge in [0, 0.05) is 5.75 Å². The molecule has 0 saturated carbocycles. The molecule has 0 bridgehead atoms. The van der Waals surface area contributed by atoms with Crippen molar-refractivity contribution in [2.45, 2.75) is 50.6 Å². The van der Waals surface area contributed by atoms with Crippen LogP contribution in [0.2, 0.25) is 0 Å². The third-order valence-electron chi connectivity index (χ3n) is 2.47.